The molecule has 1 N–H and O–H groups in total. The average Bonchev–Trinajstić information content (AvgIpc) is 2.74. The molecule has 30 heavy (non-hydrogen) atoms. The molecule has 0 amide bonds. The Morgan fingerprint density at radius 2 is 1.87 bits per heavy atom. The van der Waals surface area contributed by atoms with Crippen LogP contribution in [0.5, 0.6) is 0 Å². The molecule has 6 heteroatoms. The number of halogens is 2. The van der Waals surface area contributed by atoms with Gasteiger partial charge < -0.3 is 4.98 Å². The first kappa shape index (κ1) is 20.2. The van der Waals surface area contributed by atoms with Gasteiger partial charge in [-0.1, -0.05) is 23.7 Å². The lowest BCUT2D eigenvalue weighted by Gasteiger charge is -2.12. The van der Waals surface area contributed by atoms with E-state index in [0.717, 1.165) is 16.0 Å². The second kappa shape index (κ2) is 8.35. The van der Waals surface area contributed by atoms with Gasteiger partial charge in [0.1, 0.15) is 5.82 Å². The van der Waals surface area contributed by atoms with E-state index in [0.29, 0.717) is 39.2 Å². The number of hydrogen-bond acceptors (Lipinski definition) is 3. The lowest BCUT2D eigenvalue weighted by molar-refractivity contribution is 0.627. The molecule has 3 nitrogen and oxygen atoms in total. The summed E-state index contributed by atoms with van der Waals surface area (Å²) in [7, 11) is 0. The van der Waals surface area contributed by atoms with Crippen LogP contribution in [0.4, 0.5) is 4.39 Å². The maximum absolute atomic E-state index is 14.4. The normalized spacial score (nSPS) is 10.9. The van der Waals surface area contributed by atoms with E-state index in [1.165, 1.54) is 30.0 Å². The number of nitrogens with zero attached hydrogens (tertiary/aromatic N) is 1. The van der Waals surface area contributed by atoms with Crippen LogP contribution in [0.3, 0.4) is 0 Å². The van der Waals surface area contributed by atoms with Gasteiger partial charge in [0.05, 0.1) is 22.8 Å². The van der Waals surface area contributed by atoms with E-state index in [1.54, 1.807) is 24.3 Å². The van der Waals surface area contributed by atoms with Gasteiger partial charge in [0, 0.05) is 26.9 Å². The van der Waals surface area contributed by atoms with Gasteiger partial charge in [0.2, 0.25) is 0 Å². The van der Waals surface area contributed by atoms with Crippen molar-refractivity contribution in [1.82, 2.24) is 4.98 Å². The molecule has 3 aromatic carbocycles. The van der Waals surface area contributed by atoms with Crippen molar-refractivity contribution < 1.29 is 4.39 Å². The van der Waals surface area contributed by atoms with Crippen LogP contribution < -0.4 is 5.43 Å². The van der Waals surface area contributed by atoms with E-state index in [9.17, 15) is 14.4 Å². The third-order valence-corrected chi connectivity index (χ3v) is 5.95. The first-order valence-electron chi connectivity index (χ1n) is 9.17. The Balaban J connectivity index is 1.89. The summed E-state index contributed by atoms with van der Waals surface area (Å²) in [6.45, 7) is 0. The zero-order chi connectivity index (χ0) is 21.3. The Morgan fingerprint density at radius 3 is 2.57 bits per heavy atom. The number of nitrogens with one attached hydrogen (secondary N) is 1. The van der Waals surface area contributed by atoms with E-state index in [2.05, 4.69) is 11.1 Å². The number of aromatic nitrogens is 1. The highest BCUT2D eigenvalue weighted by molar-refractivity contribution is 7.98. The van der Waals surface area contributed by atoms with Crippen molar-refractivity contribution >= 4 is 34.3 Å². The molecule has 0 aliphatic heterocycles. The summed E-state index contributed by atoms with van der Waals surface area (Å²) < 4.78 is 14.4. The summed E-state index contributed by atoms with van der Waals surface area (Å²) in [5.74, 6) is -0.421. The largest absolute Gasteiger partial charge is 0.354 e. The van der Waals surface area contributed by atoms with Crippen molar-refractivity contribution in [3.8, 4) is 17.3 Å². The topological polar surface area (TPSA) is 56.6 Å². The summed E-state index contributed by atoms with van der Waals surface area (Å²) in [4.78, 5) is 17.2. The fraction of sp³-hybridized carbons (Fsp3) is 0.0833. The molecule has 0 bridgehead atoms. The predicted octanol–water partition coefficient (Wildman–Crippen LogP) is 6.17. The van der Waals surface area contributed by atoms with E-state index < -0.39 is 5.82 Å². The third-order valence-electron chi connectivity index (χ3n) is 4.90. The van der Waals surface area contributed by atoms with Crippen molar-refractivity contribution in [2.45, 2.75) is 11.3 Å². The molecule has 4 rings (SSSR count). The number of thioether (sulfide) groups is 1. The van der Waals surface area contributed by atoms with Crippen LogP contribution in [-0.2, 0) is 6.42 Å². The second-order valence-corrected chi connectivity index (χ2v) is 8.15. The minimum absolute atomic E-state index is 0.197. The Labute approximate surface area is 182 Å². The van der Waals surface area contributed by atoms with Crippen molar-refractivity contribution in [2.75, 3.05) is 6.26 Å². The van der Waals surface area contributed by atoms with Gasteiger partial charge in [-0.3, -0.25) is 4.79 Å². The molecule has 148 valence electrons. The number of fused-ring (bicyclic) bond motifs is 1. The van der Waals surface area contributed by atoms with Crippen LogP contribution in [-0.4, -0.2) is 11.2 Å². The lowest BCUT2D eigenvalue weighted by Crippen LogP contribution is -2.07. The standard InChI is InChI=1S/C24H16ClFN2OS/c1-30-23-7-4-15(13-27)9-19(23)20-12-22(29)24-16(10-18(26)11-21(24)28-20)8-14-2-5-17(25)6-3-14/h2-7,9-12H,8H2,1H3,(H,28,29). The molecule has 0 spiro atoms. The highest BCUT2D eigenvalue weighted by atomic mass is 35.5. The Kier molecular flexibility index (Phi) is 5.63. The molecular formula is C24H16ClFN2OS. The van der Waals surface area contributed by atoms with Crippen LogP contribution >= 0.6 is 23.4 Å². The monoisotopic (exact) mass is 434 g/mol. The van der Waals surface area contributed by atoms with Crippen molar-refractivity contribution in [2.24, 2.45) is 0 Å². The molecule has 0 unspecified atom stereocenters. The molecule has 1 heterocycles. The summed E-state index contributed by atoms with van der Waals surface area (Å²) in [5, 5.41) is 10.3. The number of H-pyrrole nitrogens is 1. The van der Waals surface area contributed by atoms with Crippen LogP contribution in [0.15, 0.2) is 70.4 Å². The smallest absolute Gasteiger partial charge is 0.190 e. The molecular weight excluding hydrogens is 419 g/mol. The highest BCUT2D eigenvalue weighted by Gasteiger charge is 2.14. The van der Waals surface area contributed by atoms with Crippen molar-refractivity contribution in [3.63, 3.8) is 0 Å². The molecule has 0 saturated heterocycles. The van der Waals surface area contributed by atoms with E-state index in [4.69, 9.17) is 11.6 Å². The summed E-state index contributed by atoms with van der Waals surface area (Å²) >= 11 is 7.46. The minimum Gasteiger partial charge on any atom is -0.354 e. The van der Waals surface area contributed by atoms with Gasteiger partial charge in [-0.2, -0.15) is 5.26 Å². The quantitative estimate of drug-likeness (QED) is 0.390. The van der Waals surface area contributed by atoms with Gasteiger partial charge in [0.25, 0.3) is 0 Å². The fourth-order valence-corrected chi connectivity index (χ4v) is 4.25. The van der Waals surface area contributed by atoms with E-state index in [1.807, 2.05) is 24.5 Å². The number of benzene rings is 3. The Morgan fingerprint density at radius 1 is 1.10 bits per heavy atom. The van der Waals surface area contributed by atoms with Crippen molar-refractivity contribution in [1.29, 1.82) is 5.26 Å². The molecule has 0 radical (unpaired) electrons. The van der Waals surface area contributed by atoms with E-state index >= 15 is 0 Å². The maximum atomic E-state index is 14.4. The number of pyridine rings is 1. The first-order valence-corrected chi connectivity index (χ1v) is 10.8. The van der Waals surface area contributed by atoms with Crippen LogP contribution in [0.2, 0.25) is 5.02 Å². The molecule has 1 aromatic heterocycles. The van der Waals surface area contributed by atoms with Crippen LogP contribution in [0.1, 0.15) is 16.7 Å². The molecule has 0 saturated carbocycles. The number of aromatic amines is 1. The molecule has 0 atom stereocenters. The molecule has 0 fully saturated rings. The second-order valence-electron chi connectivity index (χ2n) is 6.86. The van der Waals surface area contributed by atoms with E-state index in [-0.39, 0.29) is 5.43 Å². The number of hydrogen-bond donors (Lipinski definition) is 1. The Hall–Kier alpha value is -3.07. The summed E-state index contributed by atoms with van der Waals surface area (Å²) in [6, 6.07) is 18.9. The SMILES string of the molecule is CSc1ccc(C#N)cc1-c1cc(=O)c2c(Cc3ccc(Cl)cc3)cc(F)cc2[nH]1. The van der Waals surface area contributed by atoms with Crippen molar-refractivity contribution in [3.05, 3.63) is 98.4 Å². The lowest BCUT2D eigenvalue weighted by atomic mass is 9.99. The minimum atomic E-state index is -0.421. The zero-order valence-corrected chi connectivity index (χ0v) is 17.6. The Bertz CT molecular complexity index is 1360. The summed E-state index contributed by atoms with van der Waals surface area (Å²) in [5.41, 5.74) is 3.55. The number of rotatable bonds is 4. The van der Waals surface area contributed by atoms with Crippen LogP contribution in [0.25, 0.3) is 22.2 Å². The number of nitriles is 1. The maximum Gasteiger partial charge on any atom is 0.190 e. The summed E-state index contributed by atoms with van der Waals surface area (Å²) in [6.07, 6.45) is 2.34. The van der Waals surface area contributed by atoms with Gasteiger partial charge >= 0.3 is 0 Å². The van der Waals surface area contributed by atoms with Gasteiger partial charge in [-0.05, 0) is 66.3 Å². The molecule has 4 aromatic rings. The first-order chi connectivity index (χ1) is 14.5. The van der Waals surface area contributed by atoms with Gasteiger partial charge in [0.15, 0.2) is 5.43 Å². The van der Waals surface area contributed by atoms with Gasteiger partial charge in [-0.25, -0.2) is 4.39 Å². The predicted molar refractivity (Wildman–Crippen MR) is 121 cm³/mol. The van der Waals surface area contributed by atoms with Crippen LogP contribution in [0, 0.1) is 17.1 Å². The average molecular weight is 435 g/mol. The molecule has 0 aliphatic rings. The third kappa shape index (κ3) is 3.97. The highest BCUT2D eigenvalue weighted by Crippen LogP contribution is 2.31. The molecule has 0 aliphatic carbocycles. The fourth-order valence-electron chi connectivity index (χ4n) is 3.53. The van der Waals surface area contributed by atoms with Gasteiger partial charge in [-0.15, -0.1) is 11.8 Å². The zero-order valence-electron chi connectivity index (χ0n) is 16.0.